The Hall–Kier alpha value is -2.41. The Bertz CT molecular complexity index is 527. The van der Waals surface area contributed by atoms with Gasteiger partial charge in [-0.25, -0.2) is 4.79 Å². The van der Waals surface area contributed by atoms with Crippen LogP contribution in [0.1, 0.15) is 17.5 Å². The van der Waals surface area contributed by atoms with E-state index in [0.717, 1.165) is 11.1 Å². The first-order valence-electron chi connectivity index (χ1n) is 6.13. The minimum absolute atomic E-state index is 0.0564. The lowest BCUT2D eigenvalue weighted by Crippen LogP contribution is -2.40. The third-order valence-corrected chi connectivity index (χ3v) is 2.89. The number of hydrogen-bond acceptors (Lipinski definition) is 5. The van der Waals surface area contributed by atoms with Crippen LogP contribution in [-0.2, 0) is 27.5 Å². The number of nitrogens with one attached hydrogen (secondary N) is 2. The van der Waals surface area contributed by atoms with Gasteiger partial charge in [-0.15, -0.1) is 0 Å². The van der Waals surface area contributed by atoms with E-state index in [9.17, 15) is 14.4 Å². The Balaban J connectivity index is 1.80. The summed E-state index contributed by atoms with van der Waals surface area (Å²) in [7, 11) is 0. The van der Waals surface area contributed by atoms with E-state index in [1.807, 2.05) is 12.1 Å². The summed E-state index contributed by atoms with van der Waals surface area (Å²) in [5, 5.41) is 4.44. The molecule has 7 heteroatoms. The van der Waals surface area contributed by atoms with Crippen molar-refractivity contribution in [1.29, 1.82) is 0 Å². The average Bonchev–Trinajstić information content (AvgIpc) is 2.75. The summed E-state index contributed by atoms with van der Waals surface area (Å²) in [6, 6.07) is 6.46. The molecular weight excluding hydrogens is 262 g/mol. The van der Waals surface area contributed by atoms with Crippen molar-refractivity contribution in [3.8, 4) is 0 Å². The van der Waals surface area contributed by atoms with Gasteiger partial charge < -0.3 is 15.8 Å². The van der Waals surface area contributed by atoms with Gasteiger partial charge in [-0.05, 0) is 11.1 Å². The van der Waals surface area contributed by atoms with Crippen LogP contribution in [0.2, 0.25) is 0 Å². The number of amides is 3. The van der Waals surface area contributed by atoms with E-state index in [4.69, 9.17) is 10.5 Å². The number of carbonyl (C=O) groups excluding carboxylic acids is 3. The summed E-state index contributed by atoms with van der Waals surface area (Å²) in [6.07, 6.45) is -0.790. The summed E-state index contributed by atoms with van der Waals surface area (Å²) < 4.78 is 4.97. The van der Waals surface area contributed by atoms with Crippen molar-refractivity contribution < 1.29 is 19.1 Å². The monoisotopic (exact) mass is 277 g/mol. The number of nitrogens with two attached hydrogens (primary N) is 1. The standard InChI is InChI=1S/C13H15N3O4/c14-6-8-1-3-9(4-2-8)7-20-13(19)15-10-5-11(17)16-12(10)18/h1-4,10H,5-7,14H2,(H,15,19)(H,16,17,18)/t10-/m0/s1. The summed E-state index contributed by atoms with van der Waals surface area (Å²) in [4.78, 5) is 33.7. The molecule has 0 bridgehead atoms. The fourth-order valence-corrected chi connectivity index (χ4v) is 1.77. The molecule has 1 saturated heterocycles. The molecule has 1 aromatic carbocycles. The predicted octanol–water partition coefficient (Wildman–Crippen LogP) is -0.213. The lowest BCUT2D eigenvalue weighted by molar-refractivity contribution is -0.125. The van der Waals surface area contributed by atoms with E-state index in [2.05, 4.69) is 10.6 Å². The highest BCUT2D eigenvalue weighted by molar-refractivity contribution is 6.06. The Morgan fingerprint density at radius 1 is 1.30 bits per heavy atom. The molecule has 1 heterocycles. The number of alkyl carbamates (subject to hydrolysis) is 1. The normalized spacial score (nSPS) is 17.8. The van der Waals surface area contributed by atoms with Gasteiger partial charge in [0, 0.05) is 6.54 Å². The second kappa shape index (κ2) is 6.16. The van der Waals surface area contributed by atoms with Gasteiger partial charge in [0.05, 0.1) is 6.42 Å². The number of imide groups is 1. The molecule has 0 aliphatic carbocycles. The molecule has 0 unspecified atom stereocenters. The Morgan fingerprint density at radius 2 is 1.95 bits per heavy atom. The Morgan fingerprint density at radius 3 is 2.50 bits per heavy atom. The van der Waals surface area contributed by atoms with E-state index in [1.54, 1.807) is 12.1 Å². The first-order valence-corrected chi connectivity index (χ1v) is 6.13. The molecule has 0 saturated carbocycles. The van der Waals surface area contributed by atoms with Crippen LogP contribution in [-0.4, -0.2) is 23.9 Å². The van der Waals surface area contributed by atoms with E-state index >= 15 is 0 Å². The maximum Gasteiger partial charge on any atom is 0.408 e. The zero-order valence-corrected chi connectivity index (χ0v) is 10.7. The molecule has 1 aromatic rings. The van der Waals surface area contributed by atoms with Crippen LogP contribution in [0.15, 0.2) is 24.3 Å². The van der Waals surface area contributed by atoms with Crippen LogP contribution in [0, 0.1) is 0 Å². The van der Waals surface area contributed by atoms with E-state index < -0.39 is 23.9 Å². The number of carbonyl (C=O) groups is 3. The predicted molar refractivity (Wildman–Crippen MR) is 69.2 cm³/mol. The molecule has 3 amide bonds. The highest BCUT2D eigenvalue weighted by Gasteiger charge is 2.32. The number of ether oxygens (including phenoxy) is 1. The molecule has 4 N–H and O–H groups in total. The van der Waals surface area contributed by atoms with Gasteiger partial charge in [0.25, 0.3) is 0 Å². The van der Waals surface area contributed by atoms with Crippen molar-refractivity contribution in [3.05, 3.63) is 35.4 Å². The number of hydrogen-bond donors (Lipinski definition) is 3. The highest BCUT2D eigenvalue weighted by atomic mass is 16.5. The van der Waals surface area contributed by atoms with Crippen LogP contribution in [0.5, 0.6) is 0 Å². The fourth-order valence-electron chi connectivity index (χ4n) is 1.77. The van der Waals surface area contributed by atoms with E-state index in [0.29, 0.717) is 6.54 Å². The maximum atomic E-state index is 11.5. The Labute approximate surface area is 115 Å². The molecule has 106 valence electrons. The average molecular weight is 277 g/mol. The van der Waals surface area contributed by atoms with Crippen molar-refractivity contribution in [3.63, 3.8) is 0 Å². The summed E-state index contributed by atoms with van der Waals surface area (Å²) in [5.41, 5.74) is 7.27. The molecule has 20 heavy (non-hydrogen) atoms. The van der Waals surface area contributed by atoms with Gasteiger partial charge in [-0.2, -0.15) is 0 Å². The van der Waals surface area contributed by atoms with E-state index in [-0.39, 0.29) is 13.0 Å². The fraction of sp³-hybridized carbons (Fsp3) is 0.308. The smallest absolute Gasteiger partial charge is 0.408 e. The molecule has 2 rings (SSSR count). The van der Waals surface area contributed by atoms with Crippen molar-refractivity contribution in [2.75, 3.05) is 0 Å². The van der Waals surface area contributed by atoms with Crippen molar-refractivity contribution in [2.45, 2.75) is 25.6 Å². The van der Waals surface area contributed by atoms with Gasteiger partial charge in [0.15, 0.2) is 0 Å². The molecule has 0 aromatic heterocycles. The van der Waals surface area contributed by atoms with Crippen molar-refractivity contribution >= 4 is 17.9 Å². The zero-order chi connectivity index (χ0) is 14.5. The van der Waals surface area contributed by atoms with Gasteiger partial charge >= 0.3 is 6.09 Å². The zero-order valence-electron chi connectivity index (χ0n) is 10.7. The summed E-state index contributed by atoms with van der Waals surface area (Å²) >= 11 is 0. The molecule has 1 aliphatic heterocycles. The second-order valence-corrected chi connectivity index (χ2v) is 4.41. The molecular formula is C13H15N3O4. The molecule has 7 nitrogen and oxygen atoms in total. The quantitative estimate of drug-likeness (QED) is 0.659. The van der Waals surface area contributed by atoms with Crippen molar-refractivity contribution in [1.82, 2.24) is 10.6 Å². The highest BCUT2D eigenvalue weighted by Crippen LogP contribution is 2.06. The van der Waals surface area contributed by atoms with E-state index in [1.165, 1.54) is 0 Å². The molecule has 1 atom stereocenters. The molecule has 0 spiro atoms. The topological polar surface area (TPSA) is 111 Å². The van der Waals surface area contributed by atoms with Crippen LogP contribution in [0.3, 0.4) is 0 Å². The number of benzene rings is 1. The molecule has 0 radical (unpaired) electrons. The minimum Gasteiger partial charge on any atom is -0.445 e. The molecule has 1 aliphatic rings. The SMILES string of the molecule is NCc1ccc(COC(=O)N[C@H]2CC(=O)NC2=O)cc1. The second-order valence-electron chi connectivity index (χ2n) is 4.41. The van der Waals surface area contributed by atoms with Gasteiger partial charge in [-0.1, -0.05) is 24.3 Å². The lowest BCUT2D eigenvalue weighted by Gasteiger charge is -2.10. The van der Waals surface area contributed by atoms with Crippen LogP contribution < -0.4 is 16.4 Å². The largest absolute Gasteiger partial charge is 0.445 e. The van der Waals surface area contributed by atoms with Gasteiger partial charge in [0.1, 0.15) is 12.6 Å². The number of rotatable bonds is 4. The first kappa shape index (κ1) is 14.0. The first-order chi connectivity index (χ1) is 9.58. The van der Waals surface area contributed by atoms with Gasteiger partial charge in [0.2, 0.25) is 11.8 Å². The lowest BCUT2D eigenvalue weighted by atomic mass is 10.1. The minimum atomic E-state index is -0.852. The van der Waals surface area contributed by atoms with Crippen molar-refractivity contribution in [2.24, 2.45) is 5.73 Å². The third-order valence-electron chi connectivity index (χ3n) is 2.89. The van der Waals surface area contributed by atoms with Gasteiger partial charge in [-0.3, -0.25) is 14.9 Å². The molecule has 1 fully saturated rings. The van der Waals surface area contributed by atoms with Crippen LogP contribution >= 0.6 is 0 Å². The summed E-state index contributed by atoms with van der Waals surface area (Å²) in [6.45, 7) is 0.533. The third kappa shape index (κ3) is 3.55. The Kier molecular flexibility index (Phi) is 4.31. The van der Waals surface area contributed by atoms with Crippen LogP contribution in [0.4, 0.5) is 4.79 Å². The van der Waals surface area contributed by atoms with Crippen LogP contribution in [0.25, 0.3) is 0 Å². The maximum absolute atomic E-state index is 11.5. The summed E-state index contributed by atoms with van der Waals surface area (Å²) in [5.74, 6) is -0.920.